The molecular weight excluding hydrogens is 534 g/mol. The van der Waals surface area contributed by atoms with E-state index in [1.54, 1.807) is 0 Å². The maximum atomic E-state index is 14.8. The third-order valence-electron chi connectivity index (χ3n) is 4.67. The van der Waals surface area contributed by atoms with Gasteiger partial charge in [-0.15, -0.1) is 0 Å². The molecule has 4 N–H and O–H groups in total. The van der Waals surface area contributed by atoms with E-state index in [0.29, 0.717) is 11.1 Å². The number of aromatic nitrogens is 3. The minimum atomic E-state index is -5.08. The molecule has 37 heavy (non-hydrogen) atoms. The summed E-state index contributed by atoms with van der Waals surface area (Å²) in [6, 6.07) is 9.86. The van der Waals surface area contributed by atoms with Crippen molar-refractivity contribution < 1.29 is 44.7 Å². The number of benzene rings is 2. The average Bonchev–Trinajstić information content (AvgIpc) is 3.16. The van der Waals surface area contributed by atoms with Gasteiger partial charge in [0.25, 0.3) is 6.08 Å². The van der Waals surface area contributed by atoms with E-state index in [0.717, 1.165) is 16.9 Å². The number of H-pyrrole nitrogens is 1. The monoisotopic (exact) mass is 552 g/mol. The second-order valence-corrected chi connectivity index (χ2v) is 9.31. The van der Waals surface area contributed by atoms with Gasteiger partial charge in [0.1, 0.15) is 11.6 Å². The molecule has 9 nitrogen and oxygen atoms in total. The summed E-state index contributed by atoms with van der Waals surface area (Å²) in [5, 5.41) is 12.9. The number of sulfone groups is 1. The zero-order valence-electron chi connectivity index (χ0n) is 18.7. The van der Waals surface area contributed by atoms with Gasteiger partial charge in [0, 0.05) is 24.8 Å². The van der Waals surface area contributed by atoms with Gasteiger partial charge in [-0.2, -0.15) is 27.1 Å². The second kappa shape index (κ2) is 11.4. The van der Waals surface area contributed by atoms with Crippen molar-refractivity contribution in [2.75, 3.05) is 12.8 Å². The molecule has 0 radical (unpaired) electrons. The van der Waals surface area contributed by atoms with E-state index in [9.17, 15) is 39.6 Å². The highest BCUT2D eigenvalue weighted by molar-refractivity contribution is 7.90. The van der Waals surface area contributed by atoms with E-state index in [1.807, 2.05) is 0 Å². The van der Waals surface area contributed by atoms with Gasteiger partial charge in [-0.25, -0.2) is 32.1 Å². The minimum Gasteiger partial charge on any atom is -0.475 e. The largest absolute Gasteiger partial charge is 0.490 e. The lowest BCUT2D eigenvalue weighted by molar-refractivity contribution is -0.192. The number of rotatable bonds is 6. The Bertz CT molecular complexity index is 1470. The van der Waals surface area contributed by atoms with Crippen LogP contribution in [0.2, 0.25) is 0 Å². The van der Waals surface area contributed by atoms with E-state index in [1.165, 1.54) is 36.4 Å². The topological polar surface area (TPSA) is 148 Å². The van der Waals surface area contributed by atoms with E-state index >= 15 is 0 Å². The standard InChI is InChI=1S/C19H17F3N4O3S.C2HF3O2/c1-30(28,29)14-5-2-11(3-6-14)12-4-7-16(15(20)8-12)26-17(24-25-19(26)27)9-13(10-23)18(21)22;3-2(4,5)1(6)7/h2-8H,9-10,23H2,1H3,(H,25,27);(H,6,7). The molecule has 3 aromatic rings. The number of hydrogen-bond donors (Lipinski definition) is 3. The summed E-state index contributed by atoms with van der Waals surface area (Å²) in [5.41, 5.74) is 4.91. The number of aromatic amines is 1. The summed E-state index contributed by atoms with van der Waals surface area (Å²) in [6.45, 7) is -0.436. The van der Waals surface area contributed by atoms with Crippen molar-refractivity contribution in [1.82, 2.24) is 14.8 Å². The molecule has 0 saturated carbocycles. The van der Waals surface area contributed by atoms with Crippen molar-refractivity contribution in [2.24, 2.45) is 5.73 Å². The van der Waals surface area contributed by atoms with Crippen molar-refractivity contribution in [3.63, 3.8) is 0 Å². The highest BCUT2D eigenvalue weighted by Crippen LogP contribution is 2.25. The van der Waals surface area contributed by atoms with Gasteiger partial charge in [-0.1, -0.05) is 18.2 Å². The van der Waals surface area contributed by atoms with Crippen LogP contribution in [0.15, 0.2) is 63.8 Å². The van der Waals surface area contributed by atoms with Gasteiger partial charge in [0.05, 0.1) is 10.6 Å². The van der Waals surface area contributed by atoms with Crippen LogP contribution in [-0.4, -0.2) is 53.2 Å². The molecular formula is C21H18F6N4O5S. The number of nitrogens with one attached hydrogen (secondary N) is 1. The highest BCUT2D eigenvalue weighted by Gasteiger charge is 2.38. The molecule has 2 aromatic carbocycles. The molecule has 0 aliphatic rings. The van der Waals surface area contributed by atoms with Gasteiger partial charge in [-0.05, 0) is 35.4 Å². The highest BCUT2D eigenvalue weighted by atomic mass is 32.2. The van der Waals surface area contributed by atoms with Crippen LogP contribution < -0.4 is 11.4 Å². The van der Waals surface area contributed by atoms with Gasteiger partial charge in [0.15, 0.2) is 9.84 Å². The summed E-state index contributed by atoms with van der Waals surface area (Å²) >= 11 is 0. The maximum absolute atomic E-state index is 14.8. The van der Waals surface area contributed by atoms with E-state index < -0.39 is 58.1 Å². The number of carboxylic acid groups (broad SMARTS) is 1. The third-order valence-corrected chi connectivity index (χ3v) is 5.80. The molecule has 0 aliphatic carbocycles. The Kier molecular flexibility index (Phi) is 9.05. The summed E-state index contributed by atoms with van der Waals surface area (Å²) in [6.07, 6.45) is -6.41. The quantitative estimate of drug-likeness (QED) is 0.398. The fraction of sp³-hybridized carbons (Fsp3) is 0.190. The fourth-order valence-electron chi connectivity index (χ4n) is 2.87. The molecule has 0 amide bonds. The third kappa shape index (κ3) is 7.53. The molecule has 0 aliphatic heterocycles. The Morgan fingerprint density at radius 1 is 1.11 bits per heavy atom. The Hall–Kier alpha value is -3.92. The zero-order valence-corrected chi connectivity index (χ0v) is 19.5. The van der Waals surface area contributed by atoms with Crippen LogP contribution in [0.25, 0.3) is 16.8 Å². The average molecular weight is 552 g/mol. The molecule has 0 bridgehead atoms. The summed E-state index contributed by atoms with van der Waals surface area (Å²) in [4.78, 5) is 21.1. The smallest absolute Gasteiger partial charge is 0.475 e. The van der Waals surface area contributed by atoms with Gasteiger partial charge < -0.3 is 10.8 Å². The SMILES string of the molecule is CS(=O)(=O)c1ccc(-c2ccc(-n3c(CC(CN)=C(F)F)n[nH]c3=O)c(F)c2)cc1.O=C(O)C(F)(F)F. The van der Waals surface area contributed by atoms with Crippen molar-refractivity contribution in [3.05, 3.63) is 76.2 Å². The number of aliphatic carboxylic acids is 1. The first-order chi connectivity index (χ1) is 17.1. The molecule has 200 valence electrons. The summed E-state index contributed by atoms with van der Waals surface area (Å²) in [7, 11) is -3.36. The number of carboxylic acids is 1. The molecule has 0 spiro atoms. The lowest BCUT2D eigenvalue weighted by atomic mass is 10.1. The molecule has 0 atom stereocenters. The second-order valence-electron chi connectivity index (χ2n) is 7.29. The van der Waals surface area contributed by atoms with Gasteiger partial charge in [0.2, 0.25) is 0 Å². The fourth-order valence-corrected chi connectivity index (χ4v) is 3.50. The normalized spacial score (nSPS) is 11.5. The molecule has 0 fully saturated rings. The van der Waals surface area contributed by atoms with Crippen molar-refractivity contribution in [1.29, 1.82) is 0 Å². The number of hydrogen-bond acceptors (Lipinski definition) is 6. The first-order valence-corrected chi connectivity index (χ1v) is 11.7. The van der Waals surface area contributed by atoms with Crippen LogP contribution in [0.1, 0.15) is 5.82 Å². The number of carbonyl (C=O) groups is 1. The Labute approximate surface area is 204 Å². The lowest BCUT2D eigenvalue weighted by Crippen LogP contribution is -2.21. The number of halogens is 6. The van der Waals surface area contributed by atoms with Crippen LogP contribution in [0.5, 0.6) is 0 Å². The van der Waals surface area contributed by atoms with Crippen molar-refractivity contribution in [2.45, 2.75) is 17.5 Å². The molecule has 0 saturated heterocycles. The molecule has 3 rings (SSSR count). The molecule has 0 unspecified atom stereocenters. The van der Waals surface area contributed by atoms with Gasteiger partial charge in [-0.3, -0.25) is 0 Å². The van der Waals surface area contributed by atoms with Crippen LogP contribution in [0.3, 0.4) is 0 Å². The van der Waals surface area contributed by atoms with Crippen LogP contribution in [-0.2, 0) is 21.1 Å². The van der Waals surface area contributed by atoms with E-state index in [2.05, 4.69) is 10.2 Å². The van der Waals surface area contributed by atoms with Crippen LogP contribution >= 0.6 is 0 Å². The molecule has 16 heteroatoms. The zero-order chi connectivity index (χ0) is 28.1. The van der Waals surface area contributed by atoms with Crippen LogP contribution in [0, 0.1) is 5.82 Å². The number of nitrogens with zero attached hydrogens (tertiary/aromatic N) is 2. The lowest BCUT2D eigenvalue weighted by Gasteiger charge is -2.10. The van der Waals surface area contributed by atoms with Crippen molar-refractivity contribution in [3.8, 4) is 16.8 Å². The maximum Gasteiger partial charge on any atom is 0.490 e. The van der Waals surface area contributed by atoms with E-state index in [-0.39, 0.29) is 16.4 Å². The van der Waals surface area contributed by atoms with E-state index in [4.69, 9.17) is 15.6 Å². The number of alkyl halides is 3. The first-order valence-electron chi connectivity index (χ1n) is 9.86. The predicted molar refractivity (Wildman–Crippen MR) is 118 cm³/mol. The summed E-state index contributed by atoms with van der Waals surface area (Å²) in [5.74, 6) is -3.66. The Balaban J connectivity index is 0.000000604. The van der Waals surface area contributed by atoms with Gasteiger partial charge >= 0.3 is 17.8 Å². The number of nitrogens with two attached hydrogens (primary N) is 1. The van der Waals surface area contributed by atoms with Crippen molar-refractivity contribution >= 4 is 15.8 Å². The predicted octanol–water partition coefficient (Wildman–Crippen LogP) is 3.06. The molecule has 1 heterocycles. The first kappa shape index (κ1) is 29.3. The minimum absolute atomic E-state index is 0.114. The molecule has 1 aromatic heterocycles. The Morgan fingerprint density at radius 3 is 2.08 bits per heavy atom. The van der Waals surface area contributed by atoms with Crippen LogP contribution in [0.4, 0.5) is 26.3 Å². The Morgan fingerprint density at radius 2 is 1.65 bits per heavy atom. The summed E-state index contributed by atoms with van der Waals surface area (Å²) < 4.78 is 96.4.